The Morgan fingerprint density at radius 2 is 2.33 bits per heavy atom. The summed E-state index contributed by atoms with van der Waals surface area (Å²) >= 11 is 0. The Labute approximate surface area is 69.1 Å². The summed E-state index contributed by atoms with van der Waals surface area (Å²) in [4.78, 5) is 20.9. The Balaban J connectivity index is 3.14. The van der Waals surface area contributed by atoms with E-state index in [1.165, 1.54) is 13.2 Å². The molecule has 1 rings (SSSR count). The molecule has 5 nitrogen and oxygen atoms in total. The van der Waals surface area contributed by atoms with E-state index >= 15 is 0 Å². The lowest BCUT2D eigenvalue weighted by Crippen LogP contribution is -1.92. The number of aryl methyl sites for hydroxylation is 1. The second-order valence-electron chi connectivity index (χ2n) is 2.06. The summed E-state index contributed by atoms with van der Waals surface area (Å²) in [6.45, 7) is 1.76. The third kappa shape index (κ3) is 1.87. The van der Waals surface area contributed by atoms with Gasteiger partial charge in [-0.3, -0.25) is 0 Å². The molecule has 1 aromatic rings. The fraction of sp³-hybridized carbons (Fsp3) is 0.286. The summed E-state index contributed by atoms with van der Waals surface area (Å²) < 4.78 is 4.77. The molecule has 1 heterocycles. The molecule has 0 saturated heterocycles. The van der Waals surface area contributed by atoms with Crippen LogP contribution in [-0.2, 0) is 4.79 Å². The second-order valence-corrected chi connectivity index (χ2v) is 2.06. The van der Waals surface area contributed by atoms with Crippen molar-refractivity contribution in [1.29, 1.82) is 0 Å². The Morgan fingerprint density at radius 3 is 2.92 bits per heavy atom. The number of isocyanates is 1. The van der Waals surface area contributed by atoms with Gasteiger partial charge in [-0.2, -0.15) is 4.98 Å². The zero-order valence-corrected chi connectivity index (χ0v) is 6.74. The smallest absolute Gasteiger partial charge is 0.318 e. The normalized spacial score (nSPS) is 8.83. The molecule has 0 aliphatic rings. The van der Waals surface area contributed by atoms with E-state index in [0.29, 0.717) is 5.69 Å². The van der Waals surface area contributed by atoms with Gasteiger partial charge in [0.2, 0.25) is 6.08 Å². The highest BCUT2D eigenvalue weighted by atomic mass is 16.5. The minimum Gasteiger partial charge on any atom is -0.467 e. The summed E-state index contributed by atoms with van der Waals surface area (Å²) in [6, 6.07) is 1.76. The first-order valence-electron chi connectivity index (χ1n) is 3.24. The van der Waals surface area contributed by atoms with Crippen molar-refractivity contribution in [3.8, 4) is 6.01 Å². The van der Waals surface area contributed by atoms with Gasteiger partial charge in [-0.1, -0.05) is 0 Å². The van der Waals surface area contributed by atoms with E-state index in [2.05, 4.69) is 15.0 Å². The lowest BCUT2D eigenvalue weighted by Gasteiger charge is -1.98. The highest BCUT2D eigenvalue weighted by Crippen LogP contribution is 2.12. The van der Waals surface area contributed by atoms with Gasteiger partial charge in [-0.15, -0.1) is 4.99 Å². The van der Waals surface area contributed by atoms with E-state index in [1.54, 1.807) is 13.0 Å². The van der Waals surface area contributed by atoms with Crippen LogP contribution in [-0.4, -0.2) is 23.2 Å². The van der Waals surface area contributed by atoms with Gasteiger partial charge in [-0.25, -0.2) is 9.78 Å². The summed E-state index contributed by atoms with van der Waals surface area (Å²) in [5, 5.41) is 0. The number of ether oxygens (including phenoxy) is 1. The van der Waals surface area contributed by atoms with E-state index in [4.69, 9.17) is 4.74 Å². The topological polar surface area (TPSA) is 64.4 Å². The maximum atomic E-state index is 9.89. The number of methoxy groups -OCH3 is 1. The van der Waals surface area contributed by atoms with Gasteiger partial charge in [0, 0.05) is 11.8 Å². The van der Waals surface area contributed by atoms with Crippen LogP contribution in [0.1, 0.15) is 5.69 Å². The maximum Gasteiger partial charge on any atom is 0.318 e. The lowest BCUT2D eigenvalue weighted by atomic mass is 10.4. The van der Waals surface area contributed by atoms with E-state index in [9.17, 15) is 4.79 Å². The minimum absolute atomic E-state index is 0.198. The van der Waals surface area contributed by atoms with Gasteiger partial charge in [0.1, 0.15) is 0 Å². The molecule has 0 amide bonds. The summed E-state index contributed by atoms with van der Waals surface area (Å²) in [6.07, 6.45) is 1.39. The van der Waals surface area contributed by atoms with Crippen LogP contribution >= 0.6 is 0 Å². The third-order valence-electron chi connectivity index (χ3n) is 1.16. The largest absolute Gasteiger partial charge is 0.467 e. The first kappa shape index (κ1) is 8.36. The van der Waals surface area contributed by atoms with E-state index in [0.717, 1.165) is 0 Å². The van der Waals surface area contributed by atoms with Crippen LogP contribution in [0.5, 0.6) is 6.01 Å². The summed E-state index contributed by atoms with van der Waals surface area (Å²) in [5.74, 6) is 0.259. The molecule has 0 unspecified atom stereocenters. The van der Waals surface area contributed by atoms with Crippen LogP contribution in [0.2, 0.25) is 0 Å². The molecule has 0 radical (unpaired) electrons. The predicted molar refractivity (Wildman–Crippen MR) is 41.1 cm³/mol. The highest BCUT2D eigenvalue weighted by Gasteiger charge is 1.99. The average Bonchev–Trinajstić information content (AvgIpc) is 2.04. The van der Waals surface area contributed by atoms with Crippen LogP contribution in [0.15, 0.2) is 11.1 Å². The van der Waals surface area contributed by atoms with E-state index in [-0.39, 0.29) is 11.8 Å². The Bertz CT molecular complexity index is 331. The molecule has 62 valence electrons. The van der Waals surface area contributed by atoms with Crippen LogP contribution in [0, 0.1) is 6.92 Å². The highest BCUT2D eigenvalue weighted by molar-refractivity contribution is 5.44. The van der Waals surface area contributed by atoms with E-state index in [1.807, 2.05) is 0 Å². The quantitative estimate of drug-likeness (QED) is 0.479. The zero-order chi connectivity index (χ0) is 8.97. The van der Waals surface area contributed by atoms with Crippen molar-refractivity contribution in [2.24, 2.45) is 4.99 Å². The number of hydrogen-bond acceptors (Lipinski definition) is 5. The molecular weight excluding hydrogens is 158 g/mol. The van der Waals surface area contributed by atoms with Gasteiger partial charge in [0.05, 0.1) is 7.11 Å². The van der Waals surface area contributed by atoms with Crippen LogP contribution in [0.25, 0.3) is 0 Å². The maximum absolute atomic E-state index is 9.89. The van der Waals surface area contributed by atoms with Crippen LogP contribution in [0.4, 0.5) is 5.82 Å². The third-order valence-corrected chi connectivity index (χ3v) is 1.16. The number of aliphatic imine (C=N–C) groups is 1. The van der Waals surface area contributed by atoms with Crippen LogP contribution < -0.4 is 4.74 Å². The summed E-state index contributed by atoms with van der Waals surface area (Å²) in [5.41, 5.74) is 0.691. The molecule has 0 aliphatic carbocycles. The van der Waals surface area contributed by atoms with Crippen molar-refractivity contribution in [2.75, 3.05) is 7.11 Å². The lowest BCUT2D eigenvalue weighted by molar-refractivity contribution is 0.379. The predicted octanol–water partition coefficient (Wildman–Crippen LogP) is 0.761. The molecule has 0 atom stereocenters. The van der Waals surface area contributed by atoms with Gasteiger partial charge in [0.25, 0.3) is 0 Å². The second kappa shape index (κ2) is 3.59. The van der Waals surface area contributed by atoms with Gasteiger partial charge in [0.15, 0.2) is 5.82 Å². The molecule has 0 saturated carbocycles. The van der Waals surface area contributed by atoms with Crippen molar-refractivity contribution < 1.29 is 9.53 Å². The van der Waals surface area contributed by atoms with Crippen molar-refractivity contribution in [1.82, 2.24) is 9.97 Å². The minimum atomic E-state index is 0.198. The number of rotatable bonds is 2. The van der Waals surface area contributed by atoms with E-state index < -0.39 is 0 Å². The molecule has 0 bridgehead atoms. The molecule has 0 aliphatic heterocycles. The van der Waals surface area contributed by atoms with Crippen molar-refractivity contribution >= 4 is 11.9 Å². The number of aromatic nitrogens is 2. The van der Waals surface area contributed by atoms with Gasteiger partial charge >= 0.3 is 6.01 Å². The molecule has 5 heteroatoms. The SMILES string of the molecule is COc1nc(C)cc(N=C=O)n1. The number of carbonyl (C=O) groups excluding carboxylic acids is 1. The first-order valence-corrected chi connectivity index (χ1v) is 3.24. The Hall–Kier alpha value is -1.74. The van der Waals surface area contributed by atoms with Crippen LogP contribution in [0.3, 0.4) is 0 Å². The van der Waals surface area contributed by atoms with Gasteiger partial charge in [-0.05, 0) is 6.92 Å². The zero-order valence-electron chi connectivity index (χ0n) is 6.74. The summed E-state index contributed by atoms with van der Waals surface area (Å²) in [7, 11) is 1.45. The van der Waals surface area contributed by atoms with Crippen molar-refractivity contribution in [3.05, 3.63) is 11.8 Å². The average molecular weight is 165 g/mol. The Morgan fingerprint density at radius 1 is 1.58 bits per heavy atom. The molecule has 0 N–H and O–H groups in total. The first-order chi connectivity index (χ1) is 5.76. The van der Waals surface area contributed by atoms with Crippen molar-refractivity contribution in [2.45, 2.75) is 6.92 Å². The molecule has 1 aromatic heterocycles. The van der Waals surface area contributed by atoms with Gasteiger partial charge < -0.3 is 4.74 Å². The molecule has 12 heavy (non-hydrogen) atoms. The number of nitrogens with zero attached hydrogens (tertiary/aromatic N) is 3. The molecular formula is C7H7N3O2. The monoisotopic (exact) mass is 165 g/mol. The standard InChI is InChI=1S/C7H7N3O2/c1-5-3-6(8-4-11)10-7(9-5)12-2/h3H,1-2H3. The number of hydrogen-bond donors (Lipinski definition) is 0. The molecule has 0 fully saturated rings. The fourth-order valence-electron chi connectivity index (χ4n) is 0.721. The molecule has 0 aromatic carbocycles. The van der Waals surface area contributed by atoms with Crippen molar-refractivity contribution in [3.63, 3.8) is 0 Å². The Kier molecular flexibility index (Phi) is 2.50. The molecule has 0 spiro atoms. The fourth-order valence-corrected chi connectivity index (χ4v) is 0.721.